The van der Waals surface area contributed by atoms with Crippen LogP contribution in [0.2, 0.25) is 0 Å². The van der Waals surface area contributed by atoms with Gasteiger partial charge in [-0.3, -0.25) is 9.59 Å². The van der Waals surface area contributed by atoms with Crippen molar-refractivity contribution in [1.29, 1.82) is 0 Å². The molecule has 1 atom stereocenters. The van der Waals surface area contributed by atoms with Gasteiger partial charge in [-0.1, -0.05) is 0 Å². The molecule has 1 fully saturated rings. The summed E-state index contributed by atoms with van der Waals surface area (Å²) >= 11 is 0. The number of rotatable bonds is 2. The van der Waals surface area contributed by atoms with Crippen LogP contribution in [0.25, 0.3) is 0 Å². The minimum absolute atomic E-state index is 0.0165. The summed E-state index contributed by atoms with van der Waals surface area (Å²) in [6, 6.07) is 1.33. The normalized spacial score (nSPS) is 19.1. The van der Waals surface area contributed by atoms with Crippen molar-refractivity contribution >= 4 is 17.5 Å². The van der Waals surface area contributed by atoms with Gasteiger partial charge in [0.15, 0.2) is 11.6 Å². The maximum atomic E-state index is 13.1. The first-order chi connectivity index (χ1) is 9.38. The fourth-order valence-corrected chi connectivity index (χ4v) is 2.15. The van der Waals surface area contributed by atoms with Crippen LogP contribution in [-0.4, -0.2) is 36.3 Å². The van der Waals surface area contributed by atoms with E-state index in [1.54, 1.807) is 7.05 Å². The maximum absolute atomic E-state index is 13.1. The van der Waals surface area contributed by atoms with Gasteiger partial charge in [-0.25, -0.2) is 8.78 Å². The Hall–Kier alpha value is -2.18. The highest BCUT2D eigenvalue weighted by molar-refractivity contribution is 5.99. The molecule has 5 nitrogen and oxygen atoms in total. The van der Waals surface area contributed by atoms with Gasteiger partial charge in [-0.15, -0.1) is 0 Å². The SMILES string of the molecule is CN1CC(NC(=O)c2cc(F)c(F)cc2N)CCC1=O. The zero-order valence-corrected chi connectivity index (χ0v) is 11.0. The minimum Gasteiger partial charge on any atom is -0.398 e. The van der Waals surface area contributed by atoms with Gasteiger partial charge in [0.25, 0.3) is 5.91 Å². The predicted octanol–water partition coefficient (Wildman–Crippen LogP) is 0.898. The number of nitrogen functional groups attached to an aromatic ring is 1. The van der Waals surface area contributed by atoms with Gasteiger partial charge in [0, 0.05) is 37.8 Å². The fourth-order valence-electron chi connectivity index (χ4n) is 2.15. The summed E-state index contributed by atoms with van der Waals surface area (Å²) in [4.78, 5) is 24.9. The monoisotopic (exact) mass is 283 g/mol. The molecule has 108 valence electrons. The van der Waals surface area contributed by atoms with Crippen LogP contribution in [0.5, 0.6) is 0 Å². The molecular weight excluding hydrogens is 268 g/mol. The number of hydrogen-bond donors (Lipinski definition) is 2. The standard InChI is InChI=1S/C13H15F2N3O2/c1-18-6-7(2-3-12(18)19)17-13(20)8-4-9(14)10(15)5-11(8)16/h4-5,7H,2-3,6,16H2,1H3,(H,17,20). The third-order valence-corrected chi connectivity index (χ3v) is 3.30. The number of nitrogens with two attached hydrogens (primary N) is 1. The van der Waals surface area contributed by atoms with E-state index in [4.69, 9.17) is 5.73 Å². The second-order valence-electron chi connectivity index (χ2n) is 4.84. The average molecular weight is 283 g/mol. The van der Waals surface area contributed by atoms with Crippen LogP contribution < -0.4 is 11.1 Å². The van der Waals surface area contributed by atoms with Crippen molar-refractivity contribution in [2.24, 2.45) is 0 Å². The Balaban J connectivity index is 2.09. The molecule has 1 unspecified atom stereocenters. The molecule has 0 aromatic heterocycles. The van der Waals surface area contributed by atoms with Crippen LogP contribution in [-0.2, 0) is 4.79 Å². The van der Waals surface area contributed by atoms with Crippen molar-refractivity contribution in [3.8, 4) is 0 Å². The van der Waals surface area contributed by atoms with Crippen molar-refractivity contribution in [3.63, 3.8) is 0 Å². The molecule has 2 amide bonds. The first kappa shape index (κ1) is 14.2. The summed E-state index contributed by atoms with van der Waals surface area (Å²) in [5.41, 5.74) is 5.28. The molecule has 0 radical (unpaired) electrons. The van der Waals surface area contributed by atoms with E-state index < -0.39 is 17.5 Å². The number of piperidine rings is 1. The van der Waals surface area contributed by atoms with Crippen LogP contribution in [0.4, 0.5) is 14.5 Å². The second kappa shape index (κ2) is 5.44. The van der Waals surface area contributed by atoms with Gasteiger partial charge >= 0.3 is 0 Å². The number of halogens is 2. The van der Waals surface area contributed by atoms with Crippen LogP contribution in [0.3, 0.4) is 0 Å². The lowest BCUT2D eigenvalue weighted by atomic mass is 10.0. The Bertz CT molecular complexity index is 563. The van der Waals surface area contributed by atoms with Crippen molar-refractivity contribution in [2.45, 2.75) is 18.9 Å². The van der Waals surface area contributed by atoms with Gasteiger partial charge in [-0.2, -0.15) is 0 Å². The molecule has 0 saturated carbocycles. The van der Waals surface area contributed by atoms with E-state index in [-0.39, 0.29) is 23.2 Å². The lowest BCUT2D eigenvalue weighted by molar-refractivity contribution is -0.132. The van der Waals surface area contributed by atoms with Gasteiger partial charge in [0.05, 0.1) is 5.56 Å². The Morgan fingerprint density at radius 1 is 1.40 bits per heavy atom. The number of hydrogen-bond acceptors (Lipinski definition) is 3. The quantitative estimate of drug-likeness (QED) is 0.792. The number of nitrogens with one attached hydrogen (secondary N) is 1. The third-order valence-electron chi connectivity index (χ3n) is 3.30. The number of nitrogens with zero attached hydrogens (tertiary/aromatic N) is 1. The van der Waals surface area contributed by atoms with Crippen LogP contribution in [0.1, 0.15) is 23.2 Å². The molecule has 3 N–H and O–H groups in total. The summed E-state index contributed by atoms with van der Waals surface area (Å²) in [6.45, 7) is 0.383. The fraction of sp³-hybridized carbons (Fsp3) is 0.385. The number of likely N-dealkylation sites (tertiary alicyclic amines) is 1. The maximum Gasteiger partial charge on any atom is 0.253 e. The Morgan fingerprint density at radius 3 is 2.70 bits per heavy atom. The zero-order valence-electron chi connectivity index (χ0n) is 11.0. The predicted molar refractivity (Wildman–Crippen MR) is 68.9 cm³/mol. The highest BCUT2D eigenvalue weighted by Crippen LogP contribution is 2.18. The molecule has 7 heteroatoms. The minimum atomic E-state index is -1.12. The van der Waals surface area contributed by atoms with Gasteiger partial charge in [0.2, 0.25) is 5.91 Å². The third kappa shape index (κ3) is 2.87. The largest absolute Gasteiger partial charge is 0.398 e. The first-order valence-corrected chi connectivity index (χ1v) is 6.18. The number of carbonyl (C=O) groups excluding carboxylic acids is 2. The van der Waals surface area contributed by atoms with Crippen molar-refractivity contribution < 1.29 is 18.4 Å². The van der Waals surface area contributed by atoms with Gasteiger partial charge in [-0.05, 0) is 12.5 Å². The lowest BCUT2D eigenvalue weighted by Crippen LogP contribution is -2.48. The van der Waals surface area contributed by atoms with Crippen LogP contribution in [0, 0.1) is 11.6 Å². The first-order valence-electron chi connectivity index (χ1n) is 6.18. The topological polar surface area (TPSA) is 75.4 Å². The molecule has 1 aromatic rings. The molecule has 20 heavy (non-hydrogen) atoms. The van der Waals surface area contributed by atoms with Gasteiger partial charge in [0.1, 0.15) is 0 Å². The summed E-state index contributed by atoms with van der Waals surface area (Å²) < 4.78 is 26.1. The molecular formula is C13H15F2N3O2. The molecule has 1 aliphatic heterocycles. The average Bonchev–Trinajstić information content (AvgIpc) is 2.38. The van der Waals surface area contributed by atoms with Crippen molar-refractivity contribution in [2.75, 3.05) is 19.3 Å². The molecule has 1 aliphatic rings. The van der Waals surface area contributed by atoms with Gasteiger partial charge < -0.3 is 16.0 Å². The molecule has 0 bridgehead atoms. The number of anilines is 1. The zero-order chi connectivity index (χ0) is 14.9. The van der Waals surface area contributed by atoms with E-state index in [2.05, 4.69) is 5.32 Å². The highest BCUT2D eigenvalue weighted by atomic mass is 19.2. The molecule has 2 rings (SSSR count). The summed E-state index contributed by atoms with van der Waals surface area (Å²) in [6.07, 6.45) is 0.854. The number of likely N-dealkylation sites (N-methyl/N-ethyl adjacent to an activating group) is 1. The summed E-state index contributed by atoms with van der Waals surface area (Å²) in [5, 5.41) is 2.67. The lowest BCUT2D eigenvalue weighted by Gasteiger charge is -2.30. The van der Waals surface area contributed by atoms with E-state index in [1.807, 2.05) is 0 Å². The Morgan fingerprint density at radius 2 is 2.05 bits per heavy atom. The van der Waals surface area contributed by atoms with Crippen molar-refractivity contribution in [3.05, 3.63) is 29.3 Å². The van der Waals surface area contributed by atoms with E-state index in [0.717, 1.165) is 12.1 Å². The molecule has 1 heterocycles. The number of benzene rings is 1. The van der Waals surface area contributed by atoms with E-state index in [0.29, 0.717) is 19.4 Å². The smallest absolute Gasteiger partial charge is 0.253 e. The van der Waals surface area contributed by atoms with E-state index in [1.165, 1.54) is 4.90 Å². The van der Waals surface area contributed by atoms with Crippen LogP contribution in [0.15, 0.2) is 12.1 Å². The molecule has 1 saturated heterocycles. The number of carbonyl (C=O) groups is 2. The van der Waals surface area contributed by atoms with Crippen LogP contribution >= 0.6 is 0 Å². The molecule has 0 aliphatic carbocycles. The van der Waals surface area contributed by atoms with E-state index >= 15 is 0 Å². The summed E-state index contributed by atoms with van der Waals surface area (Å²) in [7, 11) is 1.65. The second-order valence-corrected chi connectivity index (χ2v) is 4.84. The number of amides is 2. The highest BCUT2D eigenvalue weighted by Gasteiger charge is 2.25. The molecule has 1 aromatic carbocycles. The molecule has 0 spiro atoms. The Kier molecular flexibility index (Phi) is 3.87. The van der Waals surface area contributed by atoms with E-state index in [9.17, 15) is 18.4 Å². The van der Waals surface area contributed by atoms with Crippen molar-refractivity contribution in [1.82, 2.24) is 10.2 Å². The Labute approximate surface area is 114 Å². The summed E-state index contributed by atoms with van der Waals surface area (Å²) in [5.74, 6) is -2.78.